The summed E-state index contributed by atoms with van der Waals surface area (Å²) in [4.78, 5) is 35.8. The predicted octanol–water partition coefficient (Wildman–Crippen LogP) is -0.158. The van der Waals surface area contributed by atoms with Crippen LogP contribution >= 0.6 is 0 Å². The van der Waals surface area contributed by atoms with Gasteiger partial charge in [0.1, 0.15) is 6.54 Å². The summed E-state index contributed by atoms with van der Waals surface area (Å²) in [5.41, 5.74) is 5.61. The number of nitrogens with two attached hydrogens (primary N) is 1. The minimum absolute atomic E-state index is 0.0203. The van der Waals surface area contributed by atoms with Gasteiger partial charge in [-0.05, 0) is 12.5 Å². The number of amides is 1. The van der Waals surface area contributed by atoms with Crippen LogP contribution in [0.15, 0.2) is 23.1 Å². The summed E-state index contributed by atoms with van der Waals surface area (Å²) in [7, 11) is 3.33. The van der Waals surface area contributed by atoms with Gasteiger partial charge >= 0.3 is 5.97 Å². The quantitative estimate of drug-likeness (QED) is 0.577. The molecule has 0 saturated heterocycles. The maximum absolute atomic E-state index is 11.5. The number of rotatable bonds is 6. The highest BCUT2D eigenvalue weighted by Crippen LogP contribution is 1.98. The number of carbonyl (C=O) groups is 2. The molecule has 0 bridgehead atoms. The molecule has 1 rings (SSSR count). The topological polar surface area (TPSA) is 94.6 Å². The molecule has 0 aromatic carbocycles. The summed E-state index contributed by atoms with van der Waals surface area (Å²) in [5.74, 6) is -0.553. The summed E-state index contributed by atoms with van der Waals surface area (Å²) in [6, 6.07) is 2.76. The van der Waals surface area contributed by atoms with Gasteiger partial charge in [0.25, 0.3) is 5.56 Å². The van der Waals surface area contributed by atoms with E-state index in [4.69, 9.17) is 10.5 Å². The van der Waals surface area contributed by atoms with Crippen molar-refractivity contribution in [3.05, 3.63) is 28.7 Å². The molecule has 0 aliphatic heterocycles. The molecule has 1 aromatic heterocycles. The maximum atomic E-state index is 11.5. The van der Waals surface area contributed by atoms with Gasteiger partial charge in [-0.25, -0.2) is 0 Å². The molecule has 0 aliphatic rings. The van der Waals surface area contributed by atoms with Crippen molar-refractivity contribution >= 4 is 17.6 Å². The molecule has 0 spiro atoms. The Morgan fingerprint density at radius 3 is 2.70 bits per heavy atom. The zero-order valence-corrected chi connectivity index (χ0v) is 11.7. The number of aromatic nitrogens is 1. The van der Waals surface area contributed by atoms with Gasteiger partial charge in [-0.2, -0.15) is 0 Å². The minimum Gasteiger partial charge on any atom is -0.464 e. The molecule has 7 heteroatoms. The Hall–Kier alpha value is -2.31. The zero-order chi connectivity index (χ0) is 15.1. The highest BCUT2D eigenvalue weighted by Gasteiger charge is 2.07. The van der Waals surface area contributed by atoms with E-state index in [-0.39, 0.29) is 24.6 Å². The first-order valence-electron chi connectivity index (χ1n) is 6.22. The van der Waals surface area contributed by atoms with E-state index < -0.39 is 5.97 Å². The van der Waals surface area contributed by atoms with Gasteiger partial charge in [-0.1, -0.05) is 0 Å². The molecular weight excluding hydrogens is 262 g/mol. The van der Waals surface area contributed by atoms with Gasteiger partial charge < -0.3 is 19.9 Å². The Labute approximate surface area is 116 Å². The Morgan fingerprint density at radius 2 is 2.05 bits per heavy atom. The van der Waals surface area contributed by atoms with Crippen LogP contribution < -0.4 is 11.3 Å². The van der Waals surface area contributed by atoms with Gasteiger partial charge in [-0.3, -0.25) is 14.4 Å². The van der Waals surface area contributed by atoms with Crippen molar-refractivity contribution in [3.8, 4) is 0 Å². The molecule has 0 unspecified atom stereocenters. The Kier molecular flexibility index (Phi) is 5.76. The predicted molar refractivity (Wildman–Crippen MR) is 74.0 cm³/mol. The lowest BCUT2D eigenvalue weighted by Crippen LogP contribution is -2.25. The molecule has 110 valence electrons. The zero-order valence-electron chi connectivity index (χ0n) is 11.7. The third-order valence-corrected chi connectivity index (χ3v) is 2.60. The first kappa shape index (κ1) is 15.7. The largest absolute Gasteiger partial charge is 0.464 e. The minimum atomic E-state index is -0.532. The lowest BCUT2D eigenvalue weighted by Gasteiger charge is -2.10. The third kappa shape index (κ3) is 5.13. The normalized spacial score (nSPS) is 10.1. The van der Waals surface area contributed by atoms with Crippen molar-refractivity contribution in [3.63, 3.8) is 0 Å². The SMILES string of the molecule is CN(C)C(=O)CCCOC(=O)Cn1cc(N)ccc1=O. The fraction of sp³-hybridized carbons (Fsp3) is 0.462. The molecule has 20 heavy (non-hydrogen) atoms. The van der Waals surface area contributed by atoms with Crippen molar-refractivity contribution in [1.29, 1.82) is 0 Å². The van der Waals surface area contributed by atoms with Crippen LogP contribution in [0, 0.1) is 0 Å². The van der Waals surface area contributed by atoms with Crippen LogP contribution in [0.2, 0.25) is 0 Å². The second-order valence-corrected chi connectivity index (χ2v) is 4.54. The first-order chi connectivity index (χ1) is 9.40. The fourth-order valence-electron chi connectivity index (χ4n) is 1.49. The Bertz CT molecular complexity index is 537. The number of pyridine rings is 1. The van der Waals surface area contributed by atoms with Crippen LogP contribution in [0.25, 0.3) is 0 Å². The van der Waals surface area contributed by atoms with Crippen LogP contribution in [0.4, 0.5) is 5.69 Å². The molecule has 1 heterocycles. The fourth-order valence-corrected chi connectivity index (χ4v) is 1.49. The number of esters is 1. The number of carbonyl (C=O) groups excluding carboxylic acids is 2. The van der Waals surface area contributed by atoms with Crippen LogP contribution in [0.3, 0.4) is 0 Å². The van der Waals surface area contributed by atoms with Crippen molar-refractivity contribution in [2.45, 2.75) is 19.4 Å². The molecule has 1 amide bonds. The van der Waals surface area contributed by atoms with E-state index >= 15 is 0 Å². The van der Waals surface area contributed by atoms with Crippen molar-refractivity contribution in [2.24, 2.45) is 0 Å². The molecule has 0 fully saturated rings. The average Bonchev–Trinajstić information content (AvgIpc) is 2.38. The molecule has 0 radical (unpaired) electrons. The molecule has 2 N–H and O–H groups in total. The number of ether oxygens (including phenoxy) is 1. The monoisotopic (exact) mass is 281 g/mol. The van der Waals surface area contributed by atoms with Crippen LogP contribution in [0.5, 0.6) is 0 Å². The van der Waals surface area contributed by atoms with Crippen LogP contribution in [-0.4, -0.2) is 42.0 Å². The van der Waals surface area contributed by atoms with Crippen LogP contribution in [-0.2, 0) is 20.9 Å². The van der Waals surface area contributed by atoms with E-state index in [1.807, 2.05) is 0 Å². The summed E-state index contributed by atoms with van der Waals surface area (Å²) in [5, 5.41) is 0. The van der Waals surface area contributed by atoms with Crippen LogP contribution in [0.1, 0.15) is 12.8 Å². The summed E-state index contributed by atoms with van der Waals surface area (Å²) in [6.07, 6.45) is 2.16. The smallest absolute Gasteiger partial charge is 0.326 e. The summed E-state index contributed by atoms with van der Waals surface area (Å²) in [6.45, 7) is -0.0407. The first-order valence-corrected chi connectivity index (χ1v) is 6.22. The molecule has 0 saturated carbocycles. The number of nitrogens with zero attached hydrogens (tertiary/aromatic N) is 2. The van der Waals surface area contributed by atoms with Crippen molar-refractivity contribution in [2.75, 3.05) is 26.4 Å². The van der Waals surface area contributed by atoms with Crippen molar-refractivity contribution < 1.29 is 14.3 Å². The lowest BCUT2D eigenvalue weighted by molar-refractivity contribution is -0.145. The maximum Gasteiger partial charge on any atom is 0.326 e. The summed E-state index contributed by atoms with van der Waals surface area (Å²) >= 11 is 0. The molecule has 0 atom stereocenters. The molecule has 0 aliphatic carbocycles. The van der Waals surface area contributed by atoms with E-state index in [1.54, 1.807) is 14.1 Å². The van der Waals surface area contributed by atoms with Gasteiger partial charge in [0, 0.05) is 38.5 Å². The number of nitrogen functional groups attached to an aromatic ring is 1. The highest BCUT2D eigenvalue weighted by atomic mass is 16.5. The lowest BCUT2D eigenvalue weighted by atomic mass is 10.3. The van der Waals surface area contributed by atoms with Gasteiger partial charge in [-0.15, -0.1) is 0 Å². The number of anilines is 1. The summed E-state index contributed by atoms with van der Waals surface area (Å²) < 4.78 is 6.14. The third-order valence-electron chi connectivity index (χ3n) is 2.60. The average molecular weight is 281 g/mol. The molecular formula is C13H19N3O4. The standard InChI is InChI=1S/C13H19N3O4/c1-15(2)11(17)4-3-7-20-13(19)9-16-8-10(14)5-6-12(16)18/h5-6,8H,3-4,7,9,14H2,1-2H3. The van der Waals surface area contributed by atoms with Crippen molar-refractivity contribution in [1.82, 2.24) is 9.47 Å². The molecule has 1 aromatic rings. The van der Waals surface area contributed by atoms with Gasteiger partial charge in [0.05, 0.1) is 6.61 Å². The Morgan fingerprint density at radius 1 is 1.35 bits per heavy atom. The number of hydrogen-bond donors (Lipinski definition) is 1. The van der Waals surface area contributed by atoms with E-state index in [1.165, 1.54) is 27.8 Å². The highest BCUT2D eigenvalue weighted by molar-refractivity contribution is 5.75. The van der Waals surface area contributed by atoms with Gasteiger partial charge in [0.2, 0.25) is 5.91 Å². The Balaban J connectivity index is 2.36. The second-order valence-electron chi connectivity index (χ2n) is 4.54. The second kappa shape index (κ2) is 7.32. The van der Waals surface area contributed by atoms with Gasteiger partial charge in [0.15, 0.2) is 0 Å². The van der Waals surface area contributed by atoms with E-state index in [0.717, 1.165) is 0 Å². The van der Waals surface area contributed by atoms with E-state index in [0.29, 0.717) is 18.5 Å². The van der Waals surface area contributed by atoms with E-state index in [9.17, 15) is 14.4 Å². The van der Waals surface area contributed by atoms with E-state index in [2.05, 4.69) is 0 Å². The molecule has 7 nitrogen and oxygen atoms in total. The number of hydrogen-bond acceptors (Lipinski definition) is 5.